The minimum Gasteiger partial charge on any atom is -0.444 e. The van der Waals surface area contributed by atoms with Gasteiger partial charge in [-0.15, -0.1) is 11.3 Å². The molecule has 4 heterocycles. The van der Waals surface area contributed by atoms with E-state index in [-0.39, 0.29) is 22.9 Å². The lowest BCUT2D eigenvalue weighted by Crippen LogP contribution is -2.49. The Morgan fingerprint density at radius 3 is 2.70 bits per heavy atom. The summed E-state index contributed by atoms with van der Waals surface area (Å²) in [4.78, 5) is 25.9. The molecule has 2 aliphatic rings. The molecule has 0 aromatic carbocycles. The number of thiophene rings is 1. The molecule has 0 spiro atoms. The van der Waals surface area contributed by atoms with E-state index in [9.17, 15) is 18.0 Å². The molecule has 6 nitrogen and oxygen atoms in total. The highest BCUT2D eigenvalue weighted by molar-refractivity contribution is 7.18. The summed E-state index contributed by atoms with van der Waals surface area (Å²) in [7, 11) is 0. The number of rotatable bonds is 2. The van der Waals surface area contributed by atoms with Gasteiger partial charge in [0.25, 0.3) is 0 Å². The first-order valence-electron chi connectivity index (χ1n) is 10.0. The van der Waals surface area contributed by atoms with Gasteiger partial charge in [-0.2, -0.15) is 13.2 Å². The van der Waals surface area contributed by atoms with Crippen LogP contribution in [-0.2, 0) is 11.2 Å². The number of ether oxygens (including phenoxy) is 1. The normalized spacial score (nSPS) is 22.5. The Labute approximate surface area is 177 Å². The van der Waals surface area contributed by atoms with E-state index < -0.39 is 18.2 Å². The molecule has 0 N–H and O–H groups in total. The summed E-state index contributed by atoms with van der Waals surface area (Å²) in [6.07, 6.45) is -2.42. The summed E-state index contributed by atoms with van der Waals surface area (Å²) in [6.45, 7) is 7.61. The van der Waals surface area contributed by atoms with Gasteiger partial charge in [0.1, 0.15) is 22.6 Å². The lowest BCUT2D eigenvalue weighted by Gasteiger charge is -2.38. The summed E-state index contributed by atoms with van der Waals surface area (Å²) in [6, 6.07) is 1.69. The number of hydrogen-bond acceptors (Lipinski definition) is 6. The molecule has 2 unspecified atom stereocenters. The number of amides is 1. The monoisotopic (exact) mass is 442 g/mol. The molecule has 2 atom stereocenters. The van der Waals surface area contributed by atoms with E-state index in [2.05, 4.69) is 14.9 Å². The quantitative estimate of drug-likeness (QED) is 0.679. The van der Waals surface area contributed by atoms with Crippen LogP contribution >= 0.6 is 11.3 Å². The van der Waals surface area contributed by atoms with Crippen molar-refractivity contribution in [3.05, 3.63) is 17.3 Å². The Morgan fingerprint density at radius 1 is 1.23 bits per heavy atom. The molecule has 2 aliphatic heterocycles. The van der Waals surface area contributed by atoms with Gasteiger partial charge in [-0.1, -0.05) is 0 Å². The number of nitrogens with zero attached hydrogens (tertiary/aromatic N) is 4. The van der Waals surface area contributed by atoms with Crippen molar-refractivity contribution in [3.63, 3.8) is 0 Å². The summed E-state index contributed by atoms with van der Waals surface area (Å²) < 4.78 is 43.9. The van der Waals surface area contributed by atoms with Crippen LogP contribution in [0.4, 0.5) is 23.8 Å². The highest BCUT2D eigenvalue weighted by atomic mass is 32.1. The topological polar surface area (TPSA) is 58.6 Å². The van der Waals surface area contributed by atoms with Crippen molar-refractivity contribution in [1.82, 2.24) is 14.9 Å². The van der Waals surface area contributed by atoms with Crippen LogP contribution in [0.3, 0.4) is 0 Å². The molecule has 2 aromatic rings. The van der Waals surface area contributed by atoms with Gasteiger partial charge in [-0.3, -0.25) is 0 Å². The fraction of sp³-hybridized carbons (Fsp3) is 0.650. The highest BCUT2D eigenvalue weighted by Crippen LogP contribution is 2.38. The molecule has 4 rings (SSSR count). The van der Waals surface area contributed by atoms with Gasteiger partial charge in [0.2, 0.25) is 0 Å². The first kappa shape index (κ1) is 21.1. The lowest BCUT2D eigenvalue weighted by atomic mass is 9.93. The second-order valence-electron chi connectivity index (χ2n) is 8.95. The molecule has 0 aliphatic carbocycles. The van der Waals surface area contributed by atoms with Crippen LogP contribution < -0.4 is 4.90 Å². The molecule has 0 saturated carbocycles. The molecule has 10 heteroatoms. The van der Waals surface area contributed by atoms with Crippen LogP contribution in [0.25, 0.3) is 10.2 Å². The Bertz CT molecular complexity index is 940. The number of carbonyl (C=O) groups excluding carboxylic acids is 1. The van der Waals surface area contributed by atoms with Crippen LogP contribution in [-0.4, -0.2) is 58.4 Å². The molecule has 2 aromatic heterocycles. The predicted octanol–water partition coefficient (Wildman–Crippen LogP) is 4.63. The molecule has 0 radical (unpaired) electrons. The Balaban J connectivity index is 1.50. The van der Waals surface area contributed by atoms with Gasteiger partial charge in [-0.25, -0.2) is 14.8 Å². The maximum Gasteiger partial charge on any atom is 0.410 e. The van der Waals surface area contributed by atoms with E-state index in [4.69, 9.17) is 4.74 Å². The Hall–Kier alpha value is -2.10. The minimum atomic E-state index is -4.25. The average molecular weight is 443 g/mol. The zero-order valence-electron chi connectivity index (χ0n) is 17.2. The maximum absolute atomic E-state index is 12.8. The summed E-state index contributed by atoms with van der Waals surface area (Å²) in [5.74, 6) is 0.961. The van der Waals surface area contributed by atoms with Crippen LogP contribution in [0, 0.1) is 5.92 Å². The van der Waals surface area contributed by atoms with Crippen LogP contribution in [0.15, 0.2) is 12.4 Å². The molecule has 2 saturated heterocycles. The third-order valence-electron chi connectivity index (χ3n) is 5.50. The number of carbonyl (C=O) groups is 1. The maximum atomic E-state index is 12.8. The standard InChI is InChI=1S/C20H25F3N4O2S/c1-19(2,3)29-18(28)27-7-4-12-10-26(6-5-15(12)27)16-14-8-13(9-20(21,22)23)30-17(14)25-11-24-16/h8,11-12,15H,4-7,9-10H2,1-3H3. The van der Waals surface area contributed by atoms with Crippen molar-refractivity contribution in [3.8, 4) is 0 Å². The van der Waals surface area contributed by atoms with Crippen molar-refractivity contribution >= 4 is 33.5 Å². The fourth-order valence-electron chi connectivity index (χ4n) is 4.35. The molecule has 1 amide bonds. The van der Waals surface area contributed by atoms with E-state index in [0.29, 0.717) is 35.7 Å². The number of anilines is 1. The number of likely N-dealkylation sites (tertiary alicyclic amines) is 1. The van der Waals surface area contributed by atoms with Crippen molar-refractivity contribution in [2.45, 2.75) is 57.9 Å². The SMILES string of the molecule is CC(C)(C)OC(=O)N1CCC2CN(c3ncnc4sc(CC(F)(F)F)cc34)CCC21. The fourth-order valence-corrected chi connectivity index (χ4v) is 5.37. The lowest BCUT2D eigenvalue weighted by molar-refractivity contribution is -0.126. The van der Waals surface area contributed by atoms with E-state index in [0.717, 1.165) is 24.2 Å². The largest absolute Gasteiger partial charge is 0.444 e. The predicted molar refractivity (Wildman–Crippen MR) is 109 cm³/mol. The highest BCUT2D eigenvalue weighted by Gasteiger charge is 2.42. The van der Waals surface area contributed by atoms with Crippen LogP contribution in [0.2, 0.25) is 0 Å². The summed E-state index contributed by atoms with van der Waals surface area (Å²) >= 11 is 1.06. The molecule has 2 fully saturated rings. The zero-order chi connectivity index (χ0) is 21.7. The summed E-state index contributed by atoms with van der Waals surface area (Å²) in [5, 5.41) is 0.669. The van der Waals surface area contributed by atoms with E-state index in [1.54, 1.807) is 6.07 Å². The van der Waals surface area contributed by atoms with E-state index in [1.807, 2.05) is 25.7 Å². The molecule has 30 heavy (non-hydrogen) atoms. The van der Waals surface area contributed by atoms with Crippen LogP contribution in [0.5, 0.6) is 0 Å². The van der Waals surface area contributed by atoms with Crippen molar-refractivity contribution in [2.75, 3.05) is 24.5 Å². The van der Waals surface area contributed by atoms with Crippen molar-refractivity contribution in [2.24, 2.45) is 5.92 Å². The van der Waals surface area contributed by atoms with Gasteiger partial charge >= 0.3 is 12.3 Å². The minimum absolute atomic E-state index is 0.122. The van der Waals surface area contributed by atoms with Gasteiger partial charge in [0.05, 0.1) is 11.8 Å². The number of alkyl halides is 3. The third-order valence-corrected chi connectivity index (χ3v) is 6.54. The molecule has 164 valence electrons. The van der Waals surface area contributed by atoms with Gasteiger partial charge in [-0.05, 0) is 45.6 Å². The van der Waals surface area contributed by atoms with E-state index in [1.165, 1.54) is 6.33 Å². The van der Waals surface area contributed by atoms with Gasteiger partial charge in [0.15, 0.2) is 0 Å². The average Bonchev–Trinajstić information content (AvgIpc) is 3.20. The number of hydrogen-bond donors (Lipinski definition) is 0. The number of piperidine rings is 1. The molecular weight excluding hydrogens is 417 g/mol. The summed E-state index contributed by atoms with van der Waals surface area (Å²) in [5.41, 5.74) is -0.532. The second-order valence-corrected chi connectivity index (χ2v) is 10.1. The first-order chi connectivity index (χ1) is 14.0. The number of halogens is 3. The number of fused-ring (bicyclic) bond motifs is 2. The van der Waals surface area contributed by atoms with Crippen LogP contribution in [0.1, 0.15) is 38.5 Å². The Kier molecular flexibility index (Phi) is 5.32. The second kappa shape index (κ2) is 7.55. The number of aromatic nitrogens is 2. The first-order valence-corrected chi connectivity index (χ1v) is 10.9. The van der Waals surface area contributed by atoms with E-state index >= 15 is 0 Å². The third kappa shape index (κ3) is 4.48. The van der Waals surface area contributed by atoms with Crippen molar-refractivity contribution in [1.29, 1.82) is 0 Å². The smallest absolute Gasteiger partial charge is 0.410 e. The zero-order valence-corrected chi connectivity index (χ0v) is 18.0. The van der Waals surface area contributed by atoms with Gasteiger partial charge < -0.3 is 14.5 Å². The molecular formula is C20H25F3N4O2S. The molecule has 0 bridgehead atoms. The Morgan fingerprint density at radius 2 is 2.00 bits per heavy atom. The van der Waals surface area contributed by atoms with Crippen molar-refractivity contribution < 1.29 is 22.7 Å². The van der Waals surface area contributed by atoms with Gasteiger partial charge in [0, 0.05) is 30.6 Å².